The van der Waals surface area contributed by atoms with Crippen LogP contribution in [0.5, 0.6) is 17.2 Å². The normalized spacial score (nSPS) is 11.8. The van der Waals surface area contributed by atoms with Crippen LogP contribution in [0.2, 0.25) is 0 Å². The lowest BCUT2D eigenvalue weighted by Crippen LogP contribution is -2.42. The van der Waals surface area contributed by atoms with Crippen LogP contribution in [0, 0.1) is 0 Å². The van der Waals surface area contributed by atoms with Gasteiger partial charge in [0, 0.05) is 6.54 Å². The van der Waals surface area contributed by atoms with Crippen LogP contribution in [0.3, 0.4) is 0 Å². The minimum absolute atomic E-state index is 0.214. The van der Waals surface area contributed by atoms with E-state index in [4.69, 9.17) is 14.2 Å². The van der Waals surface area contributed by atoms with Gasteiger partial charge in [0.05, 0.1) is 38.3 Å². The van der Waals surface area contributed by atoms with E-state index in [0.29, 0.717) is 28.2 Å². The molecule has 0 bridgehead atoms. The molecule has 0 radical (unpaired) electrons. The number of hydrogen-bond donors (Lipinski definition) is 1. The monoisotopic (exact) mass is 441 g/mol. The van der Waals surface area contributed by atoms with Gasteiger partial charge in [0.1, 0.15) is 6.54 Å². The second kappa shape index (κ2) is 9.59. The summed E-state index contributed by atoms with van der Waals surface area (Å²) in [5.74, 6) is 1.03. The molecule has 1 aromatic heterocycles. The summed E-state index contributed by atoms with van der Waals surface area (Å²) in [6.07, 6.45) is 0. The second-order valence-electron chi connectivity index (χ2n) is 7.18. The van der Waals surface area contributed by atoms with Gasteiger partial charge in [-0.25, -0.2) is 4.79 Å². The SMILES string of the molecule is CCn1c(=O)c2ccccc2n(CC(=O)NC(C)c2cc(OC)c(OC)c(OC)c2)c1=O. The van der Waals surface area contributed by atoms with Crippen molar-refractivity contribution in [1.82, 2.24) is 14.5 Å². The number of hydrogen-bond acceptors (Lipinski definition) is 6. The van der Waals surface area contributed by atoms with Crippen molar-refractivity contribution >= 4 is 16.8 Å². The van der Waals surface area contributed by atoms with E-state index in [2.05, 4.69) is 5.32 Å². The summed E-state index contributed by atoms with van der Waals surface area (Å²) in [5, 5.41) is 3.28. The van der Waals surface area contributed by atoms with Crippen molar-refractivity contribution in [3.05, 3.63) is 62.8 Å². The highest BCUT2D eigenvalue weighted by atomic mass is 16.5. The zero-order chi connectivity index (χ0) is 23.4. The van der Waals surface area contributed by atoms with Gasteiger partial charge in [0.25, 0.3) is 5.56 Å². The van der Waals surface area contributed by atoms with E-state index in [0.717, 1.165) is 10.1 Å². The van der Waals surface area contributed by atoms with Crippen molar-refractivity contribution < 1.29 is 19.0 Å². The van der Waals surface area contributed by atoms with Crippen LogP contribution in [0.4, 0.5) is 0 Å². The Bertz CT molecular complexity index is 1240. The Hall–Kier alpha value is -3.75. The highest BCUT2D eigenvalue weighted by Gasteiger charge is 2.19. The zero-order valence-corrected chi connectivity index (χ0v) is 18.8. The van der Waals surface area contributed by atoms with Gasteiger partial charge in [0.15, 0.2) is 11.5 Å². The molecule has 0 aliphatic carbocycles. The van der Waals surface area contributed by atoms with Gasteiger partial charge in [-0.1, -0.05) is 12.1 Å². The molecular weight excluding hydrogens is 414 g/mol. The fraction of sp³-hybridized carbons (Fsp3) is 0.348. The maximum Gasteiger partial charge on any atom is 0.331 e. The third-order valence-electron chi connectivity index (χ3n) is 5.31. The molecule has 3 rings (SSSR count). The van der Waals surface area contributed by atoms with E-state index in [1.54, 1.807) is 43.3 Å². The molecule has 1 N–H and O–H groups in total. The molecule has 9 nitrogen and oxygen atoms in total. The minimum atomic E-state index is -0.521. The Balaban J connectivity index is 1.92. The van der Waals surface area contributed by atoms with Gasteiger partial charge in [0.2, 0.25) is 11.7 Å². The molecular formula is C23H27N3O6. The van der Waals surface area contributed by atoms with Crippen molar-refractivity contribution in [2.24, 2.45) is 0 Å². The average Bonchev–Trinajstić information content (AvgIpc) is 2.80. The van der Waals surface area contributed by atoms with Gasteiger partial charge in [-0.05, 0) is 43.7 Å². The van der Waals surface area contributed by atoms with Gasteiger partial charge >= 0.3 is 5.69 Å². The summed E-state index contributed by atoms with van der Waals surface area (Å²) in [6.45, 7) is 3.52. The first-order chi connectivity index (χ1) is 15.4. The summed E-state index contributed by atoms with van der Waals surface area (Å²) >= 11 is 0. The Morgan fingerprint density at radius 2 is 1.62 bits per heavy atom. The number of methoxy groups -OCH3 is 3. The fourth-order valence-electron chi connectivity index (χ4n) is 3.67. The first-order valence-corrected chi connectivity index (χ1v) is 10.2. The number of aromatic nitrogens is 2. The smallest absolute Gasteiger partial charge is 0.331 e. The maximum absolute atomic E-state index is 12.9. The van der Waals surface area contributed by atoms with Gasteiger partial charge in [-0.2, -0.15) is 0 Å². The maximum atomic E-state index is 12.9. The molecule has 2 aromatic carbocycles. The summed E-state index contributed by atoms with van der Waals surface area (Å²) in [6, 6.07) is 9.87. The number of nitrogens with zero attached hydrogens (tertiary/aromatic N) is 2. The Labute approximate surface area is 185 Å². The van der Waals surface area contributed by atoms with Gasteiger partial charge in [-0.3, -0.25) is 18.7 Å². The molecule has 1 amide bonds. The topological polar surface area (TPSA) is 101 Å². The number of rotatable bonds is 8. The molecule has 0 aliphatic rings. The lowest BCUT2D eigenvalue weighted by molar-refractivity contribution is -0.122. The van der Waals surface area contributed by atoms with Gasteiger partial charge < -0.3 is 19.5 Å². The molecule has 1 atom stereocenters. The zero-order valence-electron chi connectivity index (χ0n) is 18.8. The molecule has 9 heteroatoms. The number of carbonyl (C=O) groups is 1. The van der Waals surface area contributed by atoms with Crippen molar-refractivity contribution in [2.75, 3.05) is 21.3 Å². The van der Waals surface area contributed by atoms with Crippen LogP contribution in [0.15, 0.2) is 46.0 Å². The Kier molecular flexibility index (Phi) is 6.87. The van der Waals surface area contributed by atoms with Crippen molar-refractivity contribution in [3.8, 4) is 17.2 Å². The predicted molar refractivity (Wildman–Crippen MR) is 121 cm³/mol. The number of fused-ring (bicyclic) bond motifs is 1. The summed E-state index contributed by atoms with van der Waals surface area (Å²) in [4.78, 5) is 38.3. The van der Waals surface area contributed by atoms with Gasteiger partial charge in [-0.15, -0.1) is 0 Å². The summed E-state index contributed by atoms with van der Waals surface area (Å²) < 4.78 is 18.5. The second-order valence-corrected chi connectivity index (χ2v) is 7.18. The molecule has 0 fully saturated rings. The highest BCUT2D eigenvalue weighted by Crippen LogP contribution is 2.39. The van der Waals surface area contributed by atoms with Crippen LogP contribution in [-0.4, -0.2) is 36.4 Å². The van der Waals surface area contributed by atoms with Crippen molar-refractivity contribution in [3.63, 3.8) is 0 Å². The van der Waals surface area contributed by atoms with Crippen molar-refractivity contribution in [2.45, 2.75) is 33.0 Å². The number of nitrogens with one attached hydrogen (secondary N) is 1. The first-order valence-electron chi connectivity index (χ1n) is 10.2. The number of ether oxygens (including phenoxy) is 3. The lowest BCUT2D eigenvalue weighted by Gasteiger charge is -2.19. The third-order valence-corrected chi connectivity index (χ3v) is 5.31. The van der Waals surface area contributed by atoms with Crippen LogP contribution < -0.4 is 30.8 Å². The Morgan fingerprint density at radius 3 is 2.19 bits per heavy atom. The molecule has 1 heterocycles. The molecule has 32 heavy (non-hydrogen) atoms. The largest absolute Gasteiger partial charge is 0.493 e. The standard InChI is InChI=1S/C23H27N3O6/c1-6-25-22(28)16-9-7-8-10-17(16)26(23(25)29)13-20(27)24-14(2)15-11-18(30-3)21(32-5)19(12-15)31-4/h7-12,14H,6,13H2,1-5H3,(H,24,27). The lowest BCUT2D eigenvalue weighted by atomic mass is 10.1. The number of amides is 1. The number of carbonyl (C=O) groups excluding carboxylic acids is 1. The van der Waals surface area contributed by atoms with Crippen LogP contribution >= 0.6 is 0 Å². The summed E-state index contributed by atoms with van der Waals surface area (Å²) in [5.41, 5.74) is 0.272. The van der Waals surface area contributed by atoms with E-state index < -0.39 is 11.7 Å². The molecule has 0 aliphatic heterocycles. The van der Waals surface area contributed by atoms with E-state index >= 15 is 0 Å². The van der Waals surface area contributed by atoms with E-state index in [1.807, 2.05) is 6.92 Å². The third kappa shape index (κ3) is 4.18. The van der Waals surface area contributed by atoms with Crippen molar-refractivity contribution in [1.29, 1.82) is 0 Å². The molecule has 0 spiro atoms. The first kappa shape index (κ1) is 22.9. The predicted octanol–water partition coefficient (Wildman–Crippen LogP) is 2.09. The minimum Gasteiger partial charge on any atom is -0.493 e. The molecule has 3 aromatic rings. The van der Waals surface area contributed by atoms with E-state index in [-0.39, 0.29) is 24.6 Å². The average molecular weight is 441 g/mol. The molecule has 0 saturated carbocycles. The van der Waals surface area contributed by atoms with Crippen LogP contribution in [0.25, 0.3) is 10.9 Å². The van der Waals surface area contributed by atoms with Crippen LogP contribution in [-0.2, 0) is 17.9 Å². The molecule has 170 valence electrons. The Morgan fingerprint density at radius 1 is 1.00 bits per heavy atom. The van der Waals surface area contributed by atoms with E-state index in [1.165, 1.54) is 25.9 Å². The fourth-order valence-corrected chi connectivity index (χ4v) is 3.67. The van der Waals surface area contributed by atoms with Crippen LogP contribution in [0.1, 0.15) is 25.5 Å². The number of para-hydroxylation sites is 1. The highest BCUT2D eigenvalue weighted by molar-refractivity contribution is 5.81. The quantitative estimate of drug-likeness (QED) is 0.575. The molecule has 1 unspecified atom stereocenters. The number of benzene rings is 2. The summed E-state index contributed by atoms with van der Waals surface area (Å²) in [7, 11) is 4.55. The van der Waals surface area contributed by atoms with E-state index in [9.17, 15) is 14.4 Å². The molecule has 0 saturated heterocycles.